The van der Waals surface area contributed by atoms with Crippen LogP contribution in [0.5, 0.6) is 17.2 Å². The molecule has 43 heavy (non-hydrogen) atoms. The Labute approximate surface area is 251 Å². The molecule has 6 unspecified atom stereocenters. The summed E-state index contributed by atoms with van der Waals surface area (Å²) in [5.41, 5.74) is 1.05. The maximum absolute atomic E-state index is 14.0. The largest absolute Gasteiger partial charge is 0.508 e. The first-order valence-electron chi connectivity index (χ1n) is 15.1. The van der Waals surface area contributed by atoms with Crippen molar-refractivity contribution >= 4 is 17.8 Å². The van der Waals surface area contributed by atoms with E-state index in [1.807, 2.05) is 0 Å². The van der Waals surface area contributed by atoms with E-state index in [1.165, 1.54) is 35.2 Å². The minimum Gasteiger partial charge on any atom is -0.508 e. The number of carbonyl (C=O) groups excluding carboxylic acids is 3. The van der Waals surface area contributed by atoms with Crippen LogP contribution < -0.4 is 5.32 Å². The number of carbonyl (C=O) groups is 3. The molecule has 2 aliphatic carbocycles. The van der Waals surface area contributed by atoms with Gasteiger partial charge in [-0.2, -0.15) is 0 Å². The van der Waals surface area contributed by atoms with E-state index in [-0.39, 0.29) is 47.0 Å². The zero-order valence-electron chi connectivity index (χ0n) is 25.0. The number of aliphatic hydroxyl groups excluding tert-OH is 1. The second kappa shape index (κ2) is 11.7. The zero-order valence-corrected chi connectivity index (χ0v) is 25.0. The fourth-order valence-corrected chi connectivity index (χ4v) is 7.35. The zero-order chi connectivity index (χ0) is 31.1. The van der Waals surface area contributed by atoms with E-state index in [9.17, 15) is 34.8 Å². The average Bonchev–Trinajstić information content (AvgIpc) is 3.59. The van der Waals surface area contributed by atoms with Gasteiger partial charge in [0, 0.05) is 24.8 Å². The van der Waals surface area contributed by atoms with E-state index in [1.54, 1.807) is 12.1 Å². The van der Waals surface area contributed by atoms with Crippen LogP contribution >= 0.6 is 0 Å². The summed E-state index contributed by atoms with van der Waals surface area (Å²) in [6, 6.07) is 8.39. The Hall–Kier alpha value is -3.79. The summed E-state index contributed by atoms with van der Waals surface area (Å²) in [6.45, 7) is 7.04. The van der Waals surface area contributed by atoms with Gasteiger partial charge in [-0.3, -0.25) is 9.59 Å². The van der Waals surface area contributed by atoms with Gasteiger partial charge in [0.05, 0.1) is 0 Å². The van der Waals surface area contributed by atoms with Crippen LogP contribution in [0, 0.1) is 16.7 Å². The smallest absolute Gasteiger partial charge is 0.329 e. The van der Waals surface area contributed by atoms with Crippen molar-refractivity contribution in [1.82, 2.24) is 10.2 Å². The van der Waals surface area contributed by atoms with E-state index < -0.39 is 36.0 Å². The van der Waals surface area contributed by atoms with Crippen LogP contribution in [0.2, 0.25) is 0 Å². The molecule has 1 saturated heterocycles. The molecule has 2 aromatic rings. The fraction of sp³-hybridized carbons (Fsp3) is 0.545. The number of nitrogens with one attached hydrogen (secondary N) is 1. The van der Waals surface area contributed by atoms with Gasteiger partial charge in [-0.15, -0.1) is 0 Å². The molecule has 6 atom stereocenters. The summed E-state index contributed by atoms with van der Waals surface area (Å²) in [5, 5.41) is 42.3. The van der Waals surface area contributed by atoms with Gasteiger partial charge in [-0.1, -0.05) is 39.0 Å². The first-order valence-corrected chi connectivity index (χ1v) is 15.1. The van der Waals surface area contributed by atoms with E-state index in [0.29, 0.717) is 36.4 Å². The summed E-state index contributed by atoms with van der Waals surface area (Å²) < 4.78 is 6.14. The number of aliphatic hydroxyl groups is 1. The number of nitrogens with zero attached hydrogens (tertiary/aromatic N) is 1. The third-order valence-corrected chi connectivity index (χ3v) is 10.5. The van der Waals surface area contributed by atoms with Crippen molar-refractivity contribution in [2.24, 2.45) is 16.7 Å². The molecule has 0 aromatic heterocycles. The molecule has 5 rings (SSSR count). The maximum Gasteiger partial charge on any atom is 0.329 e. The highest BCUT2D eigenvalue weighted by Gasteiger charge is 2.63. The van der Waals surface area contributed by atoms with Crippen LogP contribution in [0.25, 0.3) is 0 Å². The summed E-state index contributed by atoms with van der Waals surface area (Å²) in [7, 11) is 0. The molecular weight excluding hydrogens is 552 g/mol. The minimum absolute atomic E-state index is 0.0584. The van der Waals surface area contributed by atoms with Crippen molar-refractivity contribution in [3.8, 4) is 17.2 Å². The van der Waals surface area contributed by atoms with Gasteiger partial charge in [0.1, 0.15) is 30.0 Å². The van der Waals surface area contributed by atoms with Gasteiger partial charge in [-0.25, -0.2) is 4.79 Å². The second-order valence-electron chi connectivity index (χ2n) is 13.2. The van der Waals surface area contributed by atoms with E-state index in [4.69, 9.17) is 4.74 Å². The molecule has 2 amide bonds. The summed E-state index contributed by atoms with van der Waals surface area (Å²) in [4.78, 5) is 42.1. The number of ether oxygens (including phenoxy) is 1. The number of aromatic hydroxyl groups is 3. The molecule has 2 bridgehead atoms. The number of esters is 1. The molecule has 2 aromatic carbocycles. The number of fused-ring (bicyclic) bond motifs is 2. The lowest BCUT2D eigenvalue weighted by Gasteiger charge is -2.39. The first-order chi connectivity index (χ1) is 20.3. The molecule has 0 radical (unpaired) electrons. The van der Waals surface area contributed by atoms with E-state index in [0.717, 1.165) is 19.3 Å². The summed E-state index contributed by atoms with van der Waals surface area (Å²) >= 11 is 0. The Bertz CT molecular complexity index is 1380. The maximum atomic E-state index is 14.0. The molecule has 10 heteroatoms. The van der Waals surface area contributed by atoms with Gasteiger partial charge < -0.3 is 35.4 Å². The Kier molecular flexibility index (Phi) is 8.35. The van der Waals surface area contributed by atoms with Crippen molar-refractivity contribution < 1.29 is 39.5 Å². The Morgan fingerprint density at radius 2 is 1.67 bits per heavy atom. The van der Waals surface area contributed by atoms with Crippen LogP contribution in [0.3, 0.4) is 0 Å². The molecule has 3 aliphatic rings. The van der Waals surface area contributed by atoms with Crippen molar-refractivity contribution in [1.29, 1.82) is 0 Å². The molecule has 1 aliphatic heterocycles. The Morgan fingerprint density at radius 3 is 2.30 bits per heavy atom. The molecule has 3 fully saturated rings. The highest BCUT2D eigenvalue weighted by molar-refractivity contribution is 5.92. The Morgan fingerprint density at radius 1 is 0.977 bits per heavy atom. The normalized spacial score (nSPS) is 27.1. The van der Waals surface area contributed by atoms with Crippen molar-refractivity contribution in [2.75, 3.05) is 6.54 Å². The van der Waals surface area contributed by atoms with Gasteiger partial charge in [0.25, 0.3) is 0 Å². The predicted molar refractivity (Wildman–Crippen MR) is 157 cm³/mol. The van der Waals surface area contributed by atoms with Crippen molar-refractivity contribution in [2.45, 2.75) is 90.0 Å². The summed E-state index contributed by atoms with van der Waals surface area (Å²) in [6.07, 6.45) is 2.22. The first kappa shape index (κ1) is 30.7. The highest BCUT2D eigenvalue weighted by atomic mass is 16.5. The minimum atomic E-state index is -1.54. The molecule has 2 saturated carbocycles. The van der Waals surface area contributed by atoms with Crippen molar-refractivity contribution in [3.05, 3.63) is 53.6 Å². The van der Waals surface area contributed by atoms with Crippen molar-refractivity contribution in [3.63, 3.8) is 0 Å². The quantitative estimate of drug-likeness (QED) is 0.219. The fourth-order valence-electron chi connectivity index (χ4n) is 7.35. The topological polar surface area (TPSA) is 157 Å². The molecule has 5 N–H and O–H groups in total. The van der Waals surface area contributed by atoms with Crippen LogP contribution in [0.15, 0.2) is 42.5 Å². The third kappa shape index (κ3) is 5.89. The second-order valence-corrected chi connectivity index (χ2v) is 13.2. The van der Waals surface area contributed by atoms with Gasteiger partial charge in [0.2, 0.25) is 11.8 Å². The molecule has 232 valence electrons. The molecule has 10 nitrogen and oxygen atoms in total. The number of hydrogen-bond donors (Lipinski definition) is 5. The van der Waals surface area contributed by atoms with Gasteiger partial charge in [0.15, 0.2) is 11.5 Å². The number of benzene rings is 2. The highest BCUT2D eigenvalue weighted by Crippen LogP contribution is 2.66. The number of phenolic OH excluding ortho intramolecular Hbond substituents is 3. The lowest BCUT2D eigenvalue weighted by molar-refractivity contribution is -0.165. The van der Waals surface area contributed by atoms with Gasteiger partial charge >= 0.3 is 5.97 Å². The number of phenols is 3. The summed E-state index contributed by atoms with van der Waals surface area (Å²) in [5.74, 6) is -1.79. The van der Waals surface area contributed by atoms with Crippen LogP contribution in [-0.2, 0) is 32.0 Å². The molecular formula is C33H42N2O8. The Balaban J connectivity index is 1.30. The van der Waals surface area contributed by atoms with Gasteiger partial charge in [-0.05, 0) is 78.8 Å². The van der Waals surface area contributed by atoms with E-state index in [2.05, 4.69) is 26.1 Å². The lowest BCUT2D eigenvalue weighted by atomic mass is 9.70. The number of likely N-dealkylation sites (tertiary alicyclic amines) is 1. The number of rotatable bonds is 9. The number of amides is 2. The SMILES string of the molecule is CC1(C)C2CCC1(C)C(OC(=O)C1CCCN1C(=O)C(Cc1ccc(O)cc1)NC(=O)C(O)Cc1ccc(O)c(O)c1)C2. The molecule has 1 heterocycles. The lowest BCUT2D eigenvalue weighted by Crippen LogP contribution is -2.55. The third-order valence-electron chi connectivity index (χ3n) is 10.5. The number of hydrogen-bond acceptors (Lipinski definition) is 8. The van der Waals surface area contributed by atoms with Crippen LogP contribution in [0.1, 0.15) is 64.0 Å². The van der Waals surface area contributed by atoms with E-state index >= 15 is 0 Å². The predicted octanol–water partition coefficient (Wildman–Crippen LogP) is 3.18. The average molecular weight is 595 g/mol. The monoisotopic (exact) mass is 594 g/mol. The molecule has 0 spiro atoms. The van der Waals surface area contributed by atoms with Crippen LogP contribution in [-0.4, -0.2) is 73.9 Å². The standard InChI is InChI=1S/C33H42N2O8/c1-32(2)21-12-13-33(32,3)28(18-21)43-31(42)24-5-4-14-35(24)30(41)23(15-19-6-9-22(36)10-7-19)34-29(40)27(39)17-20-8-11-25(37)26(38)16-20/h6-11,16,21,23-24,27-28,36-39H,4-5,12-15,17-18H2,1-3H3,(H,34,40). The van der Waals surface area contributed by atoms with Crippen LogP contribution in [0.4, 0.5) is 0 Å².